The monoisotopic (exact) mass is 528 g/mol. The predicted octanol–water partition coefficient (Wildman–Crippen LogP) is 2.86. The highest BCUT2D eigenvalue weighted by Crippen LogP contribution is 2.37. The molecule has 0 radical (unpaired) electrons. The van der Waals surface area contributed by atoms with Gasteiger partial charge in [-0.25, -0.2) is 5.84 Å². The average Bonchev–Trinajstić information content (AvgIpc) is 3.32. The SMILES string of the molecule is CCc1cc(C2CCN(C/C(N)=C/N(N)CC(c3cccnc3)N3CCOCC3)C(C)C2)c(CCO)s1. The van der Waals surface area contributed by atoms with Gasteiger partial charge in [0.1, 0.15) is 0 Å². The van der Waals surface area contributed by atoms with E-state index in [4.69, 9.17) is 16.3 Å². The first kappa shape index (κ1) is 28.0. The lowest BCUT2D eigenvalue weighted by molar-refractivity contribution is 0.0104. The van der Waals surface area contributed by atoms with Crippen molar-refractivity contribution in [2.75, 3.05) is 52.5 Å². The standard InChI is InChI=1S/C28H44N6O2S/c1-3-25-16-26(28(37-25)7-12-35)22-6-9-33(21(2)15-22)18-24(29)19-34(30)20-27(23-5-4-8-31-17-23)32-10-13-36-14-11-32/h4-5,8,16-17,19,21-22,27,35H,3,6-7,9-15,18,20,29-30H2,1-2H3/b24-19-. The molecule has 2 aliphatic rings. The van der Waals surface area contributed by atoms with Crippen molar-refractivity contribution in [2.45, 2.75) is 57.5 Å². The Hall–Kier alpha value is -2.01. The molecular weight excluding hydrogens is 484 g/mol. The maximum atomic E-state index is 9.54. The molecule has 5 N–H and O–H groups in total. The first-order valence-electron chi connectivity index (χ1n) is 13.6. The lowest BCUT2D eigenvalue weighted by atomic mass is 9.85. The number of aliphatic hydroxyl groups excluding tert-OH is 1. The molecule has 0 spiro atoms. The molecule has 8 nitrogen and oxygen atoms in total. The van der Waals surface area contributed by atoms with Gasteiger partial charge in [-0.2, -0.15) is 0 Å². The largest absolute Gasteiger partial charge is 0.400 e. The van der Waals surface area contributed by atoms with Crippen LogP contribution in [-0.4, -0.2) is 83.5 Å². The number of pyridine rings is 1. The number of piperidine rings is 1. The molecule has 2 aliphatic heterocycles. The molecule has 0 amide bonds. The molecule has 3 atom stereocenters. The fourth-order valence-electron chi connectivity index (χ4n) is 5.69. The molecule has 2 fully saturated rings. The molecule has 0 saturated carbocycles. The van der Waals surface area contributed by atoms with Crippen molar-refractivity contribution in [3.05, 3.63) is 63.4 Å². The Morgan fingerprint density at radius 3 is 2.84 bits per heavy atom. The van der Waals surface area contributed by atoms with Crippen molar-refractivity contribution in [1.29, 1.82) is 0 Å². The number of aryl methyl sites for hydroxylation is 1. The van der Waals surface area contributed by atoms with Crippen molar-refractivity contribution >= 4 is 11.3 Å². The number of aromatic nitrogens is 1. The molecule has 2 aromatic heterocycles. The molecule has 4 heterocycles. The van der Waals surface area contributed by atoms with Crippen molar-refractivity contribution < 1.29 is 9.84 Å². The Bertz CT molecular complexity index is 994. The zero-order valence-corrected chi connectivity index (χ0v) is 23.2. The van der Waals surface area contributed by atoms with E-state index in [9.17, 15) is 5.11 Å². The lowest BCUT2D eigenvalue weighted by Crippen LogP contribution is -2.45. The number of hydrazine groups is 1. The minimum atomic E-state index is 0.132. The van der Waals surface area contributed by atoms with Gasteiger partial charge in [0, 0.05) is 72.7 Å². The summed E-state index contributed by atoms with van der Waals surface area (Å²) in [6.45, 7) is 10.3. The quantitative estimate of drug-likeness (QED) is 0.302. The molecule has 0 aromatic carbocycles. The van der Waals surface area contributed by atoms with Crippen LogP contribution in [-0.2, 0) is 17.6 Å². The summed E-state index contributed by atoms with van der Waals surface area (Å²) in [7, 11) is 0. The van der Waals surface area contributed by atoms with Crippen LogP contribution in [0.2, 0.25) is 0 Å². The third-order valence-electron chi connectivity index (χ3n) is 7.69. The van der Waals surface area contributed by atoms with E-state index >= 15 is 0 Å². The lowest BCUT2D eigenvalue weighted by Gasteiger charge is -2.38. The van der Waals surface area contributed by atoms with Crippen LogP contribution in [0.5, 0.6) is 0 Å². The third-order valence-corrected chi connectivity index (χ3v) is 9.05. The van der Waals surface area contributed by atoms with E-state index in [-0.39, 0.29) is 12.6 Å². The van der Waals surface area contributed by atoms with Crippen LogP contribution in [0.4, 0.5) is 0 Å². The van der Waals surface area contributed by atoms with Crippen molar-refractivity contribution in [3.63, 3.8) is 0 Å². The summed E-state index contributed by atoms with van der Waals surface area (Å²) in [5.74, 6) is 7.03. The van der Waals surface area contributed by atoms with Gasteiger partial charge < -0.3 is 20.6 Å². The minimum absolute atomic E-state index is 0.132. The van der Waals surface area contributed by atoms with Crippen LogP contribution in [0.15, 0.2) is 42.5 Å². The Morgan fingerprint density at radius 1 is 1.35 bits per heavy atom. The Morgan fingerprint density at radius 2 is 2.16 bits per heavy atom. The van der Waals surface area contributed by atoms with Crippen LogP contribution in [0.1, 0.15) is 59.5 Å². The Labute approximate surface area is 225 Å². The van der Waals surface area contributed by atoms with Gasteiger partial charge in [0.2, 0.25) is 0 Å². The van der Waals surface area contributed by atoms with Gasteiger partial charge in [0.15, 0.2) is 0 Å². The summed E-state index contributed by atoms with van der Waals surface area (Å²) in [6.07, 6.45) is 9.67. The highest BCUT2D eigenvalue weighted by Gasteiger charge is 2.29. The summed E-state index contributed by atoms with van der Waals surface area (Å²) in [4.78, 5) is 12.0. The number of nitrogens with zero attached hydrogens (tertiary/aromatic N) is 4. The zero-order valence-electron chi connectivity index (χ0n) is 22.4. The molecule has 0 bridgehead atoms. The van der Waals surface area contributed by atoms with E-state index in [0.29, 0.717) is 25.0 Å². The highest BCUT2D eigenvalue weighted by molar-refractivity contribution is 7.12. The second-order valence-corrected chi connectivity index (χ2v) is 11.5. The number of hydrogen-bond donors (Lipinski definition) is 3. The Balaban J connectivity index is 1.35. The van der Waals surface area contributed by atoms with Gasteiger partial charge in [-0.15, -0.1) is 11.3 Å². The van der Waals surface area contributed by atoms with E-state index < -0.39 is 0 Å². The molecular formula is C28H44N6O2S. The van der Waals surface area contributed by atoms with Crippen molar-refractivity contribution in [3.8, 4) is 0 Å². The van der Waals surface area contributed by atoms with Crippen molar-refractivity contribution in [2.24, 2.45) is 11.6 Å². The number of morpholine rings is 1. The molecule has 2 saturated heterocycles. The van der Waals surface area contributed by atoms with Crippen LogP contribution in [0, 0.1) is 0 Å². The molecule has 0 aliphatic carbocycles. The van der Waals surface area contributed by atoms with Crippen LogP contribution in [0.3, 0.4) is 0 Å². The first-order chi connectivity index (χ1) is 18.0. The first-order valence-corrected chi connectivity index (χ1v) is 14.5. The number of hydrogen-bond acceptors (Lipinski definition) is 9. The number of rotatable bonds is 11. The number of aliphatic hydroxyl groups is 1. The fourth-order valence-corrected chi connectivity index (χ4v) is 6.87. The van der Waals surface area contributed by atoms with Gasteiger partial charge in [0.05, 0.1) is 25.8 Å². The molecule has 9 heteroatoms. The predicted molar refractivity (Wildman–Crippen MR) is 150 cm³/mol. The summed E-state index contributed by atoms with van der Waals surface area (Å²) >= 11 is 1.87. The fraction of sp³-hybridized carbons (Fsp3) is 0.607. The molecule has 2 aromatic rings. The third kappa shape index (κ3) is 7.52. The zero-order chi connectivity index (χ0) is 26.2. The Kier molecular flexibility index (Phi) is 10.4. The van der Waals surface area contributed by atoms with Crippen molar-refractivity contribution in [1.82, 2.24) is 19.8 Å². The second kappa shape index (κ2) is 13.7. The number of likely N-dealkylation sites (tertiary alicyclic amines) is 1. The molecule has 3 unspecified atom stereocenters. The topological polar surface area (TPSA) is 104 Å². The van der Waals surface area contributed by atoms with Gasteiger partial charge >= 0.3 is 0 Å². The average molecular weight is 529 g/mol. The van der Waals surface area contributed by atoms with Crippen LogP contribution >= 0.6 is 11.3 Å². The number of ether oxygens (including phenoxy) is 1. The second-order valence-electron chi connectivity index (χ2n) is 10.3. The summed E-state index contributed by atoms with van der Waals surface area (Å²) in [6, 6.07) is 7.04. The van der Waals surface area contributed by atoms with E-state index in [1.807, 2.05) is 29.8 Å². The number of nitrogens with two attached hydrogens (primary N) is 2. The van der Waals surface area contributed by atoms with Gasteiger partial charge in [-0.3, -0.25) is 14.8 Å². The maximum Gasteiger partial charge on any atom is 0.0594 e. The normalized spacial score (nSPS) is 22.8. The highest BCUT2D eigenvalue weighted by atomic mass is 32.1. The van der Waals surface area contributed by atoms with Crippen LogP contribution < -0.4 is 11.6 Å². The summed E-state index contributed by atoms with van der Waals surface area (Å²) in [5.41, 5.74) is 9.92. The molecule has 37 heavy (non-hydrogen) atoms. The number of thiophene rings is 1. The maximum absolute atomic E-state index is 9.54. The summed E-state index contributed by atoms with van der Waals surface area (Å²) < 4.78 is 5.56. The van der Waals surface area contributed by atoms with Gasteiger partial charge in [-0.1, -0.05) is 13.0 Å². The van der Waals surface area contributed by atoms with Gasteiger partial charge in [-0.05, 0) is 61.9 Å². The van der Waals surface area contributed by atoms with Crippen LogP contribution in [0.25, 0.3) is 0 Å². The van der Waals surface area contributed by atoms with Gasteiger partial charge in [0.25, 0.3) is 0 Å². The summed E-state index contributed by atoms with van der Waals surface area (Å²) in [5, 5.41) is 11.3. The molecule has 204 valence electrons. The minimum Gasteiger partial charge on any atom is -0.400 e. The van der Waals surface area contributed by atoms with E-state index in [1.165, 1.54) is 15.3 Å². The smallest absolute Gasteiger partial charge is 0.0594 e. The van der Waals surface area contributed by atoms with E-state index in [2.05, 4.69) is 40.8 Å². The van der Waals surface area contributed by atoms with E-state index in [1.54, 1.807) is 11.2 Å². The van der Waals surface area contributed by atoms with E-state index in [0.717, 1.165) is 69.8 Å². The molecule has 4 rings (SSSR count).